The molecule has 0 aliphatic carbocycles. The molecule has 10 rings (SSSR count). The van der Waals surface area contributed by atoms with Gasteiger partial charge in [-0.15, -0.1) is 0 Å². The highest BCUT2D eigenvalue weighted by molar-refractivity contribution is 6.28. The zero-order valence-electron chi connectivity index (χ0n) is 29.1. The third kappa shape index (κ3) is 4.55. The molecule has 0 N–H and O–H groups in total. The van der Waals surface area contributed by atoms with E-state index in [0.717, 1.165) is 5.69 Å². The van der Waals surface area contributed by atoms with Crippen molar-refractivity contribution in [1.82, 2.24) is 4.57 Å². The maximum atomic E-state index is 2.46. The van der Waals surface area contributed by atoms with Gasteiger partial charge in [0, 0.05) is 16.5 Å². The lowest BCUT2D eigenvalue weighted by atomic mass is 9.81. The molecule has 0 aliphatic rings. The van der Waals surface area contributed by atoms with Gasteiger partial charge in [0.1, 0.15) is 0 Å². The summed E-state index contributed by atoms with van der Waals surface area (Å²) in [7, 11) is 0. The minimum atomic E-state index is 0.0363. The monoisotopic (exact) mass is 651 g/mol. The molecule has 51 heavy (non-hydrogen) atoms. The molecule has 0 spiro atoms. The van der Waals surface area contributed by atoms with Crippen LogP contribution in [-0.2, 0) is 5.41 Å². The third-order valence-corrected chi connectivity index (χ3v) is 10.9. The third-order valence-electron chi connectivity index (χ3n) is 10.9. The van der Waals surface area contributed by atoms with E-state index in [2.05, 4.69) is 195 Å². The second kappa shape index (κ2) is 11.2. The zero-order chi connectivity index (χ0) is 34.3. The van der Waals surface area contributed by atoms with Gasteiger partial charge in [-0.3, -0.25) is 0 Å². The molecule has 10 aromatic rings. The highest BCUT2D eigenvalue weighted by Crippen LogP contribution is 2.46. The Labute approximate surface area is 298 Å². The van der Waals surface area contributed by atoms with Gasteiger partial charge in [0.15, 0.2) is 0 Å². The van der Waals surface area contributed by atoms with Crippen LogP contribution in [0.5, 0.6) is 0 Å². The number of aromatic nitrogens is 1. The zero-order valence-corrected chi connectivity index (χ0v) is 29.1. The predicted octanol–water partition coefficient (Wildman–Crippen LogP) is 14.0. The number of fused-ring (bicyclic) bond motifs is 9. The van der Waals surface area contributed by atoms with Crippen LogP contribution >= 0.6 is 0 Å². The van der Waals surface area contributed by atoms with Gasteiger partial charge < -0.3 is 4.57 Å². The van der Waals surface area contributed by atoms with E-state index in [-0.39, 0.29) is 5.41 Å². The van der Waals surface area contributed by atoms with Crippen molar-refractivity contribution >= 4 is 64.9 Å². The minimum Gasteiger partial charge on any atom is -0.309 e. The maximum absolute atomic E-state index is 2.46. The summed E-state index contributed by atoms with van der Waals surface area (Å²) in [6.07, 6.45) is 0. The first kappa shape index (κ1) is 29.7. The summed E-state index contributed by atoms with van der Waals surface area (Å²) in [5.74, 6) is 0. The molecule has 1 nitrogen and oxygen atoms in total. The Morgan fingerprint density at radius 2 is 0.843 bits per heavy atom. The Kier molecular flexibility index (Phi) is 6.51. The molecule has 0 amide bonds. The van der Waals surface area contributed by atoms with E-state index in [4.69, 9.17) is 0 Å². The number of hydrogen-bond acceptors (Lipinski definition) is 0. The smallest absolute Gasteiger partial charge is 0.0547 e. The molecule has 0 unspecified atom stereocenters. The van der Waals surface area contributed by atoms with Crippen molar-refractivity contribution in [2.24, 2.45) is 0 Å². The Bertz CT molecular complexity index is 2880. The topological polar surface area (TPSA) is 4.93 Å². The molecule has 1 heterocycles. The summed E-state index contributed by atoms with van der Waals surface area (Å²) in [5, 5.41) is 12.9. The van der Waals surface area contributed by atoms with Crippen LogP contribution in [-0.4, -0.2) is 4.57 Å². The molecule has 0 bridgehead atoms. The highest BCUT2D eigenvalue weighted by atomic mass is 15.0. The van der Waals surface area contributed by atoms with Crippen LogP contribution in [0.15, 0.2) is 170 Å². The lowest BCUT2D eigenvalue weighted by Crippen LogP contribution is -2.10. The maximum Gasteiger partial charge on any atom is 0.0547 e. The van der Waals surface area contributed by atoms with E-state index in [1.807, 2.05) is 0 Å². The van der Waals surface area contributed by atoms with Gasteiger partial charge in [0.2, 0.25) is 0 Å². The average molecular weight is 652 g/mol. The van der Waals surface area contributed by atoms with Crippen LogP contribution < -0.4 is 0 Å². The Morgan fingerprint density at radius 1 is 0.373 bits per heavy atom. The van der Waals surface area contributed by atoms with Crippen LogP contribution in [0.3, 0.4) is 0 Å². The first-order valence-corrected chi connectivity index (χ1v) is 17.9. The molecule has 0 saturated carbocycles. The van der Waals surface area contributed by atoms with Crippen molar-refractivity contribution in [3.05, 3.63) is 175 Å². The first-order valence-electron chi connectivity index (χ1n) is 17.9. The van der Waals surface area contributed by atoms with Crippen molar-refractivity contribution in [2.45, 2.75) is 26.2 Å². The quantitative estimate of drug-likeness (QED) is 0.168. The molecule has 1 heteroatoms. The van der Waals surface area contributed by atoms with Gasteiger partial charge in [0.25, 0.3) is 0 Å². The molecule has 242 valence electrons. The number of rotatable bonds is 3. The molecule has 0 aliphatic heterocycles. The summed E-state index contributed by atoms with van der Waals surface area (Å²) in [5.41, 5.74) is 10.1. The van der Waals surface area contributed by atoms with Gasteiger partial charge in [-0.05, 0) is 107 Å². The first-order chi connectivity index (χ1) is 25.0. The molecule has 0 fully saturated rings. The second-order valence-electron chi connectivity index (χ2n) is 14.9. The number of hydrogen-bond donors (Lipinski definition) is 0. The number of nitrogens with zero attached hydrogens (tertiary/aromatic N) is 1. The molecular weight excluding hydrogens is 615 g/mol. The van der Waals surface area contributed by atoms with Crippen molar-refractivity contribution < 1.29 is 0 Å². The van der Waals surface area contributed by atoms with E-state index in [1.165, 1.54) is 92.7 Å². The van der Waals surface area contributed by atoms with Crippen molar-refractivity contribution in [2.75, 3.05) is 0 Å². The van der Waals surface area contributed by atoms with Gasteiger partial charge in [-0.1, -0.05) is 160 Å². The number of benzene rings is 9. The van der Waals surface area contributed by atoms with Crippen LogP contribution in [0.1, 0.15) is 26.3 Å². The van der Waals surface area contributed by atoms with E-state index in [9.17, 15) is 0 Å². The van der Waals surface area contributed by atoms with Crippen molar-refractivity contribution in [1.29, 1.82) is 0 Å². The predicted molar refractivity (Wildman–Crippen MR) is 220 cm³/mol. The van der Waals surface area contributed by atoms with Crippen molar-refractivity contribution in [3.8, 4) is 27.9 Å². The highest BCUT2D eigenvalue weighted by Gasteiger charge is 2.21. The van der Waals surface area contributed by atoms with Crippen molar-refractivity contribution in [3.63, 3.8) is 0 Å². The fourth-order valence-electron chi connectivity index (χ4n) is 8.48. The minimum absolute atomic E-state index is 0.0363. The van der Waals surface area contributed by atoms with E-state index < -0.39 is 0 Å². The molecule has 9 aromatic carbocycles. The average Bonchev–Trinajstić information content (AvgIpc) is 3.52. The Morgan fingerprint density at radius 3 is 1.41 bits per heavy atom. The second-order valence-corrected chi connectivity index (χ2v) is 14.9. The molecule has 1 aromatic heterocycles. The van der Waals surface area contributed by atoms with Crippen LogP contribution in [0.25, 0.3) is 92.8 Å². The fourth-order valence-corrected chi connectivity index (χ4v) is 8.48. The van der Waals surface area contributed by atoms with Gasteiger partial charge in [-0.2, -0.15) is 0 Å². The lowest BCUT2D eigenvalue weighted by molar-refractivity contribution is 0.591. The standard InChI is InChI=1S/C50H37N/c1-50(2,3)36-25-28-42-43(31-36)47(34-15-5-4-6-16-34)41-20-12-11-19-40(41)46(42)35-21-26-37(27-22-35)51-44-29-23-32-13-7-9-17-38(32)48(44)49-39-18-10-8-14-33(39)24-30-45(49)51/h4-31H,1-3H3. The molecular formula is C50H37N. The summed E-state index contributed by atoms with van der Waals surface area (Å²) >= 11 is 0. The van der Waals surface area contributed by atoms with E-state index >= 15 is 0 Å². The molecule has 0 saturated heterocycles. The van der Waals surface area contributed by atoms with Gasteiger partial charge >= 0.3 is 0 Å². The van der Waals surface area contributed by atoms with Crippen LogP contribution in [0, 0.1) is 0 Å². The normalized spacial score (nSPS) is 12.2. The largest absolute Gasteiger partial charge is 0.309 e. The summed E-state index contributed by atoms with van der Waals surface area (Å²) < 4.78 is 2.46. The van der Waals surface area contributed by atoms with E-state index in [0.29, 0.717) is 0 Å². The van der Waals surface area contributed by atoms with Gasteiger partial charge in [0.05, 0.1) is 11.0 Å². The van der Waals surface area contributed by atoms with Gasteiger partial charge in [-0.25, -0.2) is 0 Å². The SMILES string of the molecule is CC(C)(C)c1ccc2c(-c3ccc(-n4c5ccc6ccccc6c5c5c6ccccc6ccc54)cc3)c3ccccc3c(-c3ccccc3)c2c1. The molecule has 0 radical (unpaired) electrons. The molecule has 0 atom stereocenters. The van der Waals surface area contributed by atoms with E-state index in [1.54, 1.807) is 0 Å². The van der Waals surface area contributed by atoms with Crippen LogP contribution in [0.4, 0.5) is 0 Å². The lowest BCUT2D eigenvalue weighted by Gasteiger charge is -2.23. The Balaban J connectivity index is 1.24. The Hall–Kier alpha value is -6.18. The summed E-state index contributed by atoms with van der Waals surface area (Å²) in [6, 6.07) is 63.0. The fraction of sp³-hybridized carbons (Fsp3) is 0.0800. The summed E-state index contributed by atoms with van der Waals surface area (Å²) in [4.78, 5) is 0. The van der Waals surface area contributed by atoms with Crippen LogP contribution in [0.2, 0.25) is 0 Å². The summed E-state index contributed by atoms with van der Waals surface area (Å²) in [6.45, 7) is 6.91.